The standard InChI is InChI=1S/C32H29Cl2F2N9O4/c1-44-29-23(31(47)45(2)32(44)48)27(42-28(43-29)26(35)36)40-19-9-5-7-17(25(19)34)16-6-4-8-18(24(16)33)20-14-38-21(30(41-20)49-3)13-37-12-15-10-11-22(46)39-15/h4-9,14-15,26,37H,10-13H2,1-3H3,(H,39,46)(H,40,42,43)/t15-/m1/s1. The summed E-state index contributed by atoms with van der Waals surface area (Å²) in [6, 6.07) is 10.3. The molecule has 5 aromatic rings. The van der Waals surface area contributed by atoms with Crippen LogP contribution in [0.5, 0.6) is 5.88 Å². The molecule has 6 rings (SSSR count). The third-order valence-electron chi connectivity index (χ3n) is 8.10. The Labute approximate surface area is 287 Å². The summed E-state index contributed by atoms with van der Waals surface area (Å²) >= 11 is 13.8. The molecule has 1 saturated heterocycles. The van der Waals surface area contributed by atoms with E-state index in [4.69, 9.17) is 27.9 Å². The minimum atomic E-state index is -3.08. The molecule has 49 heavy (non-hydrogen) atoms. The van der Waals surface area contributed by atoms with Gasteiger partial charge in [-0.15, -0.1) is 0 Å². The van der Waals surface area contributed by atoms with Gasteiger partial charge in [0.2, 0.25) is 11.8 Å². The fourth-order valence-corrected chi connectivity index (χ4v) is 6.17. The molecule has 1 atom stereocenters. The van der Waals surface area contributed by atoms with Gasteiger partial charge in [0.1, 0.15) is 16.9 Å². The van der Waals surface area contributed by atoms with Crippen molar-refractivity contribution in [1.29, 1.82) is 0 Å². The number of nitrogens with one attached hydrogen (secondary N) is 3. The number of nitrogens with zero attached hydrogens (tertiary/aromatic N) is 6. The maximum Gasteiger partial charge on any atom is 0.332 e. The number of methoxy groups -OCH3 is 1. The van der Waals surface area contributed by atoms with Crippen LogP contribution in [0.3, 0.4) is 0 Å². The van der Waals surface area contributed by atoms with Crippen LogP contribution in [0.2, 0.25) is 10.0 Å². The van der Waals surface area contributed by atoms with Crippen molar-refractivity contribution < 1.29 is 18.3 Å². The lowest BCUT2D eigenvalue weighted by molar-refractivity contribution is -0.119. The topological polar surface area (TPSA) is 158 Å². The summed E-state index contributed by atoms with van der Waals surface area (Å²) in [5, 5.41) is 9.37. The van der Waals surface area contributed by atoms with E-state index < -0.39 is 23.5 Å². The Morgan fingerprint density at radius 1 is 1.00 bits per heavy atom. The summed E-state index contributed by atoms with van der Waals surface area (Å²) in [7, 11) is 4.08. The van der Waals surface area contributed by atoms with Crippen molar-refractivity contribution in [2.75, 3.05) is 19.0 Å². The van der Waals surface area contributed by atoms with Crippen molar-refractivity contribution in [3.63, 3.8) is 0 Å². The number of aryl methyl sites for hydroxylation is 1. The first kappa shape index (κ1) is 33.9. The molecule has 1 aliphatic heterocycles. The lowest BCUT2D eigenvalue weighted by atomic mass is 10.0. The van der Waals surface area contributed by atoms with Crippen molar-refractivity contribution in [2.24, 2.45) is 14.1 Å². The first-order chi connectivity index (χ1) is 23.5. The fourth-order valence-electron chi connectivity index (χ4n) is 5.57. The molecule has 3 N–H and O–H groups in total. The van der Waals surface area contributed by atoms with E-state index in [0.717, 1.165) is 15.6 Å². The molecule has 1 aliphatic rings. The minimum Gasteiger partial charge on any atom is -0.480 e. The number of aromatic nitrogens is 6. The number of hydrogen-bond donors (Lipinski definition) is 3. The number of carbonyl (C=O) groups is 1. The van der Waals surface area contributed by atoms with Gasteiger partial charge in [-0.1, -0.05) is 53.5 Å². The Hall–Kier alpha value is -4.99. The summed E-state index contributed by atoms with van der Waals surface area (Å²) in [5.41, 5.74) is 1.02. The van der Waals surface area contributed by atoms with E-state index in [2.05, 4.69) is 35.9 Å². The van der Waals surface area contributed by atoms with Gasteiger partial charge in [0.05, 0.1) is 34.7 Å². The van der Waals surface area contributed by atoms with Crippen LogP contribution in [0.4, 0.5) is 20.3 Å². The van der Waals surface area contributed by atoms with Crippen LogP contribution in [0.15, 0.2) is 52.2 Å². The molecular weight excluding hydrogens is 683 g/mol. The number of halogens is 4. The van der Waals surface area contributed by atoms with Crippen LogP contribution in [-0.4, -0.2) is 54.7 Å². The molecule has 0 unspecified atom stereocenters. The van der Waals surface area contributed by atoms with E-state index in [1.807, 2.05) is 0 Å². The Kier molecular flexibility index (Phi) is 9.59. The normalized spacial score (nSPS) is 14.4. The zero-order valence-electron chi connectivity index (χ0n) is 26.4. The summed E-state index contributed by atoms with van der Waals surface area (Å²) in [6.45, 7) is 0.951. The highest BCUT2D eigenvalue weighted by Gasteiger charge is 2.24. The smallest absolute Gasteiger partial charge is 0.332 e. The SMILES string of the molecule is COc1nc(-c2cccc(-c3cccc(Nc4nc(C(F)F)nc5c4c(=O)n(C)c(=O)n5C)c3Cl)c2Cl)cnc1CNC[C@H]1CCC(=O)N1. The Balaban J connectivity index is 1.33. The average Bonchev–Trinajstić information content (AvgIpc) is 3.51. The number of benzene rings is 2. The van der Waals surface area contributed by atoms with Crippen molar-refractivity contribution in [1.82, 2.24) is 39.7 Å². The van der Waals surface area contributed by atoms with Gasteiger partial charge in [-0.25, -0.2) is 28.5 Å². The average molecular weight is 713 g/mol. The van der Waals surface area contributed by atoms with Gasteiger partial charge < -0.3 is 20.7 Å². The lowest BCUT2D eigenvalue weighted by Crippen LogP contribution is -2.38. The van der Waals surface area contributed by atoms with Crippen molar-refractivity contribution in [3.05, 3.63) is 85.0 Å². The predicted octanol–water partition coefficient (Wildman–Crippen LogP) is 4.52. The monoisotopic (exact) mass is 711 g/mol. The molecule has 17 heteroatoms. The lowest BCUT2D eigenvalue weighted by Gasteiger charge is -2.16. The molecule has 0 radical (unpaired) electrons. The number of alkyl halides is 2. The van der Waals surface area contributed by atoms with E-state index in [9.17, 15) is 23.2 Å². The van der Waals surface area contributed by atoms with Gasteiger partial charge in [-0.2, -0.15) is 0 Å². The molecule has 3 aromatic heterocycles. The van der Waals surface area contributed by atoms with Gasteiger partial charge in [-0.05, 0) is 12.5 Å². The van der Waals surface area contributed by atoms with Gasteiger partial charge in [-0.3, -0.25) is 23.7 Å². The fraction of sp³-hybridized carbons (Fsp3) is 0.281. The minimum absolute atomic E-state index is 0.0425. The highest BCUT2D eigenvalue weighted by molar-refractivity contribution is 6.39. The first-order valence-corrected chi connectivity index (χ1v) is 15.7. The van der Waals surface area contributed by atoms with Crippen molar-refractivity contribution in [2.45, 2.75) is 31.9 Å². The third kappa shape index (κ3) is 6.56. The number of rotatable bonds is 10. The van der Waals surface area contributed by atoms with Crippen LogP contribution in [0.25, 0.3) is 33.4 Å². The Bertz CT molecular complexity index is 2230. The van der Waals surface area contributed by atoms with Crippen LogP contribution < -0.4 is 31.9 Å². The maximum atomic E-state index is 13.8. The number of ether oxygens (including phenoxy) is 1. The highest BCUT2D eigenvalue weighted by Crippen LogP contribution is 2.42. The highest BCUT2D eigenvalue weighted by atomic mass is 35.5. The van der Waals surface area contributed by atoms with E-state index in [0.29, 0.717) is 58.5 Å². The second-order valence-electron chi connectivity index (χ2n) is 11.2. The van der Waals surface area contributed by atoms with Crippen LogP contribution in [0, 0.1) is 0 Å². The van der Waals surface area contributed by atoms with Gasteiger partial charge in [0.25, 0.3) is 12.0 Å². The number of carbonyl (C=O) groups excluding carboxylic acids is 1. The zero-order valence-corrected chi connectivity index (χ0v) is 27.9. The van der Waals surface area contributed by atoms with Crippen molar-refractivity contribution >= 4 is 51.6 Å². The molecule has 13 nitrogen and oxygen atoms in total. The molecule has 2 aromatic carbocycles. The summed E-state index contributed by atoms with van der Waals surface area (Å²) in [6.07, 6.45) is -0.219. The zero-order chi connectivity index (χ0) is 35.0. The number of amides is 1. The van der Waals surface area contributed by atoms with E-state index in [1.54, 1.807) is 42.6 Å². The quantitative estimate of drug-likeness (QED) is 0.188. The van der Waals surface area contributed by atoms with Gasteiger partial charge in [0, 0.05) is 56.3 Å². The van der Waals surface area contributed by atoms with E-state index >= 15 is 0 Å². The van der Waals surface area contributed by atoms with Gasteiger partial charge >= 0.3 is 5.69 Å². The molecule has 0 saturated carbocycles. The summed E-state index contributed by atoms with van der Waals surface area (Å²) in [4.78, 5) is 54.0. The Morgan fingerprint density at radius 3 is 2.41 bits per heavy atom. The molecule has 254 valence electrons. The largest absolute Gasteiger partial charge is 0.480 e. The molecule has 1 amide bonds. The maximum absolute atomic E-state index is 13.8. The van der Waals surface area contributed by atoms with Crippen LogP contribution in [-0.2, 0) is 25.4 Å². The predicted molar refractivity (Wildman–Crippen MR) is 181 cm³/mol. The second-order valence-corrected chi connectivity index (χ2v) is 12.0. The molecule has 0 spiro atoms. The second kappa shape index (κ2) is 13.9. The van der Waals surface area contributed by atoms with Crippen LogP contribution in [0.1, 0.15) is 30.8 Å². The molecule has 1 fully saturated rings. The third-order valence-corrected chi connectivity index (χ3v) is 8.92. The molecule has 0 bridgehead atoms. The summed E-state index contributed by atoms with van der Waals surface area (Å²) < 4.78 is 35.0. The summed E-state index contributed by atoms with van der Waals surface area (Å²) in [5.74, 6) is -0.779. The van der Waals surface area contributed by atoms with E-state index in [1.165, 1.54) is 21.2 Å². The molecule has 0 aliphatic carbocycles. The first-order valence-electron chi connectivity index (χ1n) is 15.0. The molecular formula is C32H29Cl2F2N9O4. The Morgan fingerprint density at radius 2 is 1.71 bits per heavy atom. The van der Waals surface area contributed by atoms with E-state index in [-0.39, 0.29) is 39.5 Å². The number of anilines is 2. The number of hydrogen-bond acceptors (Lipinski definition) is 10. The van der Waals surface area contributed by atoms with Gasteiger partial charge in [0.15, 0.2) is 11.5 Å². The van der Waals surface area contributed by atoms with Crippen LogP contribution >= 0.6 is 23.2 Å². The molecule has 4 heterocycles. The number of fused-ring (bicyclic) bond motifs is 1. The van der Waals surface area contributed by atoms with Crippen molar-refractivity contribution in [3.8, 4) is 28.3 Å².